The van der Waals surface area contributed by atoms with Crippen LogP contribution in [-0.4, -0.2) is 49.2 Å². The molecule has 5 nitrogen and oxygen atoms in total. The van der Waals surface area contributed by atoms with Gasteiger partial charge in [0.05, 0.1) is 0 Å². The molecule has 0 saturated carbocycles. The molecule has 2 aliphatic rings. The Labute approximate surface area is 150 Å². The molecule has 3 heterocycles. The van der Waals surface area contributed by atoms with E-state index in [0.29, 0.717) is 0 Å². The fraction of sp³-hybridized carbons (Fsp3) is 0.500. The van der Waals surface area contributed by atoms with Crippen LogP contribution in [0.3, 0.4) is 0 Å². The molecule has 132 valence electrons. The summed E-state index contributed by atoms with van der Waals surface area (Å²) >= 11 is 0. The van der Waals surface area contributed by atoms with Crippen LogP contribution in [-0.2, 0) is 0 Å². The zero-order chi connectivity index (χ0) is 17.1. The molecule has 0 spiro atoms. The van der Waals surface area contributed by atoms with Gasteiger partial charge in [0.2, 0.25) is 0 Å². The van der Waals surface area contributed by atoms with Gasteiger partial charge in [0.15, 0.2) is 0 Å². The van der Waals surface area contributed by atoms with E-state index in [2.05, 4.69) is 51.1 Å². The summed E-state index contributed by atoms with van der Waals surface area (Å²) in [5.41, 5.74) is 1.31. The molecule has 0 radical (unpaired) electrons. The third-order valence-electron chi connectivity index (χ3n) is 5.22. The number of nitrogens with zero attached hydrogens (tertiary/aromatic N) is 5. The first-order valence-electron chi connectivity index (χ1n) is 9.45. The Morgan fingerprint density at radius 1 is 0.680 bits per heavy atom. The molecule has 0 unspecified atom stereocenters. The highest BCUT2D eigenvalue weighted by molar-refractivity contribution is 5.53. The fourth-order valence-corrected chi connectivity index (χ4v) is 3.82. The van der Waals surface area contributed by atoms with Crippen molar-refractivity contribution in [2.24, 2.45) is 0 Å². The number of hydrogen-bond donors (Lipinski definition) is 0. The van der Waals surface area contributed by atoms with E-state index in [0.717, 1.165) is 56.7 Å². The number of para-hydroxylation sites is 1. The predicted octanol–water partition coefficient (Wildman–Crippen LogP) is 3.10. The minimum absolute atomic E-state index is 0.878. The van der Waals surface area contributed by atoms with Crippen LogP contribution in [0.15, 0.2) is 36.4 Å². The Balaban J connectivity index is 1.46. The first-order valence-corrected chi connectivity index (χ1v) is 9.45. The molecule has 0 aliphatic carbocycles. The van der Waals surface area contributed by atoms with Gasteiger partial charge in [-0.05, 0) is 38.3 Å². The largest absolute Gasteiger partial charge is 0.368 e. The Kier molecular flexibility index (Phi) is 4.72. The minimum Gasteiger partial charge on any atom is -0.368 e. The van der Waals surface area contributed by atoms with Crippen molar-refractivity contribution < 1.29 is 0 Å². The maximum absolute atomic E-state index is 4.72. The van der Waals surface area contributed by atoms with E-state index in [1.54, 1.807) is 0 Å². The summed E-state index contributed by atoms with van der Waals surface area (Å²) in [4.78, 5) is 16.7. The number of anilines is 3. The Morgan fingerprint density at radius 3 is 1.88 bits per heavy atom. The van der Waals surface area contributed by atoms with Crippen molar-refractivity contribution >= 4 is 17.3 Å². The molecule has 2 aromatic rings. The van der Waals surface area contributed by atoms with Gasteiger partial charge in [0, 0.05) is 51.0 Å². The molecule has 1 aromatic carbocycles. The summed E-state index contributed by atoms with van der Waals surface area (Å²) in [5, 5.41) is 0. The van der Waals surface area contributed by atoms with E-state index in [4.69, 9.17) is 9.97 Å². The molecule has 0 N–H and O–H groups in total. The zero-order valence-corrected chi connectivity index (χ0v) is 15.1. The number of hydrogen-bond acceptors (Lipinski definition) is 5. The van der Waals surface area contributed by atoms with Crippen LogP contribution < -0.4 is 14.7 Å². The van der Waals surface area contributed by atoms with Crippen LogP contribution in [0, 0.1) is 6.92 Å². The third kappa shape index (κ3) is 3.70. The van der Waals surface area contributed by atoms with E-state index in [1.807, 2.05) is 6.92 Å². The lowest BCUT2D eigenvalue weighted by Crippen LogP contribution is -2.47. The van der Waals surface area contributed by atoms with Crippen LogP contribution in [0.4, 0.5) is 17.3 Å². The molecule has 5 heteroatoms. The highest BCUT2D eigenvalue weighted by atomic mass is 15.3. The van der Waals surface area contributed by atoms with Crippen LogP contribution in [0.1, 0.15) is 25.1 Å². The van der Waals surface area contributed by atoms with Crippen molar-refractivity contribution in [3.63, 3.8) is 0 Å². The lowest BCUT2D eigenvalue weighted by molar-refractivity contribution is 0.572. The zero-order valence-electron chi connectivity index (χ0n) is 15.1. The van der Waals surface area contributed by atoms with Gasteiger partial charge in [-0.15, -0.1) is 0 Å². The van der Waals surface area contributed by atoms with Gasteiger partial charge in [-0.1, -0.05) is 18.2 Å². The van der Waals surface area contributed by atoms with Crippen molar-refractivity contribution in [1.29, 1.82) is 0 Å². The maximum Gasteiger partial charge on any atom is 0.134 e. The number of aromatic nitrogens is 2. The summed E-state index contributed by atoms with van der Waals surface area (Å²) in [5.74, 6) is 3.07. The number of aryl methyl sites for hydroxylation is 1. The number of rotatable bonds is 3. The first kappa shape index (κ1) is 16.2. The maximum atomic E-state index is 4.72. The second-order valence-corrected chi connectivity index (χ2v) is 6.99. The predicted molar refractivity (Wildman–Crippen MR) is 104 cm³/mol. The fourth-order valence-electron chi connectivity index (χ4n) is 3.82. The van der Waals surface area contributed by atoms with Gasteiger partial charge in [-0.25, -0.2) is 9.97 Å². The van der Waals surface area contributed by atoms with Crippen molar-refractivity contribution in [2.75, 3.05) is 54.0 Å². The van der Waals surface area contributed by atoms with Crippen molar-refractivity contribution in [3.05, 3.63) is 42.2 Å². The molecule has 4 rings (SSSR count). The van der Waals surface area contributed by atoms with E-state index in [-0.39, 0.29) is 0 Å². The second-order valence-electron chi connectivity index (χ2n) is 6.99. The lowest BCUT2D eigenvalue weighted by Gasteiger charge is -2.37. The average Bonchev–Trinajstić information content (AvgIpc) is 2.69. The van der Waals surface area contributed by atoms with E-state index >= 15 is 0 Å². The summed E-state index contributed by atoms with van der Waals surface area (Å²) in [6.45, 7) is 8.33. The van der Waals surface area contributed by atoms with Gasteiger partial charge >= 0.3 is 0 Å². The number of benzene rings is 1. The molecule has 0 bridgehead atoms. The molecular formula is C20H27N5. The number of piperidine rings is 1. The summed E-state index contributed by atoms with van der Waals surface area (Å²) in [6, 6.07) is 12.9. The third-order valence-corrected chi connectivity index (χ3v) is 5.22. The minimum atomic E-state index is 0.878. The molecule has 2 aliphatic heterocycles. The van der Waals surface area contributed by atoms with Gasteiger partial charge in [-0.3, -0.25) is 0 Å². The smallest absolute Gasteiger partial charge is 0.134 e. The van der Waals surface area contributed by atoms with Gasteiger partial charge in [0.1, 0.15) is 17.5 Å². The molecule has 0 amide bonds. The van der Waals surface area contributed by atoms with Gasteiger partial charge in [0.25, 0.3) is 0 Å². The quantitative estimate of drug-likeness (QED) is 0.860. The summed E-state index contributed by atoms with van der Waals surface area (Å²) in [6.07, 6.45) is 3.89. The monoisotopic (exact) mass is 337 g/mol. The summed E-state index contributed by atoms with van der Waals surface area (Å²) < 4.78 is 0. The lowest BCUT2D eigenvalue weighted by atomic mass is 10.1. The molecular weight excluding hydrogens is 310 g/mol. The molecule has 25 heavy (non-hydrogen) atoms. The summed E-state index contributed by atoms with van der Waals surface area (Å²) in [7, 11) is 0. The topological polar surface area (TPSA) is 35.5 Å². The van der Waals surface area contributed by atoms with Crippen LogP contribution >= 0.6 is 0 Å². The SMILES string of the molecule is Cc1nc(N2CCCCC2)cc(N2CCN(c3ccccc3)CC2)n1. The molecule has 0 atom stereocenters. The standard InChI is InChI=1S/C20H27N5/c1-17-21-19(24-10-6-3-7-11-24)16-20(22-17)25-14-12-23(13-15-25)18-8-4-2-5-9-18/h2,4-5,8-9,16H,3,6-7,10-15H2,1H3. The van der Waals surface area contributed by atoms with E-state index in [9.17, 15) is 0 Å². The van der Waals surface area contributed by atoms with E-state index in [1.165, 1.54) is 24.9 Å². The van der Waals surface area contributed by atoms with Crippen LogP contribution in [0.25, 0.3) is 0 Å². The highest BCUT2D eigenvalue weighted by Gasteiger charge is 2.20. The Morgan fingerprint density at radius 2 is 1.24 bits per heavy atom. The van der Waals surface area contributed by atoms with Crippen LogP contribution in [0.2, 0.25) is 0 Å². The van der Waals surface area contributed by atoms with Crippen molar-refractivity contribution in [2.45, 2.75) is 26.2 Å². The second kappa shape index (κ2) is 7.30. The van der Waals surface area contributed by atoms with Gasteiger partial charge < -0.3 is 14.7 Å². The van der Waals surface area contributed by atoms with Gasteiger partial charge in [-0.2, -0.15) is 0 Å². The molecule has 1 aromatic heterocycles. The van der Waals surface area contributed by atoms with Crippen molar-refractivity contribution in [1.82, 2.24) is 9.97 Å². The van der Waals surface area contributed by atoms with Crippen LogP contribution in [0.5, 0.6) is 0 Å². The first-order chi connectivity index (χ1) is 12.3. The Hall–Kier alpha value is -2.30. The highest BCUT2D eigenvalue weighted by Crippen LogP contribution is 2.24. The number of piperazine rings is 1. The Bertz CT molecular complexity index is 688. The normalized spacial score (nSPS) is 18.5. The average molecular weight is 337 g/mol. The van der Waals surface area contributed by atoms with Crippen molar-refractivity contribution in [3.8, 4) is 0 Å². The molecule has 2 saturated heterocycles. The molecule has 2 fully saturated rings. The van der Waals surface area contributed by atoms with E-state index < -0.39 is 0 Å².